The Kier molecular flexibility index (Phi) is 13.9. The second-order valence-corrected chi connectivity index (χ2v) is 16.1. The van der Waals surface area contributed by atoms with Crippen LogP contribution in [0.1, 0.15) is 72.6 Å². The molecule has 0 bridgehead atoms. The molecule has 6 heterocycles. The number of aliphatic hydroxyl groups is 1. The van der Waals surface area contributed by atoms with Gasteiger partial charge in [-0.25, -0.2) is 19.9 Å². The molecule has 15 heteroatoms. The number of unbranched alkanes of at least 4 members (excludes halogenated alkanes) is 2. The molecule has 0 aliphatic carbocycles. The molecule has 6 rings (SSSR count). The van der Waals surface area contributed by atoms with E-state index in [0.717, 1.165) is 103 Å². The van der Waals surface area contributed by atoms with Crippen molar-refractivity contribution in [3.05, 3.63) is 36.9 Å². The third kappa shape index (κ3) is 11.2. The molecule has 53 heavy (non-hydrogen) atoms. The number of carbonyl (C=O) groups is 4. The van der Waals surface area contributed by atoms with Crippen molar-refractivity contribution in [2.24, 2.45) is 10.8 Å². The molecule has 4 amide bonds. The number of hydrogen-bond donors (Lipinski definition) is 1. The lowest BCUT2D eigenvalue weighted by Crippen LogP contribution is -2.55. The fraction of sp³-hybridized carbons (Fsp3) is 0.684. The summed E-state index contributed by atoms with van der Waals surface area (Å²) in [6.07, 6.45) is 10.7. The smallest absolute Gasteiger partial charge is 0.258 e. The molecule has 1 atom stereocenters. The lowest BCUT2D eigenvalue weighted by Gasteiger charge is -2.39. The van der Waals surface area contributed by atoms with Crippen molar-refractivity contribution in [3.8, 4) is 0 Å². The first kappa shape index (κ1) is 40.1. The van der Waals surface area contributed by atoms with Crippen LogP contribution >= 0.6 is 0 Å². The van der Waals surface area contributed by atoms with Gasteiger partial charge in [-0.05, 0) is 56.3 Å². The highest BCUT2D eigenvalue weighted by Crippen LogP contribution is 2.33. The molecule has 4 fully saturated rings. The number of likely N-dealkylation sites (tertiary alicyclic amines) is 2. The molecule has 290 valence electrons. The molecule has 0 saturated carbocycles. The summed E-state index contributed by atoms with van der Waals surface area (Å²) in [6, 6.07) is 3.65. The summed E-state index contributed by atoms with van der Waals surface area (Å²) in [4.78, 5) is 77.9. The predicted molar refractivity (Wildman–Crippen MR) is 201 cm³/mol. The topological polar surface area (TPSA) is 160 Å². The van der Waals surface area contributed by atoms with E-state index in [1.807, 2.05) is 26.0 Å². The quantitative estimate of drug-likeness (QED) is 0.250. The molecule has 0 radical (unpaired) electrons. The molecule has 1 unspecified atom stereocenters. The lowest BCUT2D eigenvalue weighted by molar-refractivity contribution is -0.165. The third-order valence-corrected chi connectivity index (χ3v) is 10.6. The van der Waals surface area contributed by atoms with Gasteiger partial charge in [0.25, 0.3) is 5.91 Å². The van der Waals surface area contributed by atoms with E-state index < -0.39 is 17.4 Å². The first-order chi connectivity index (χ1) is 25.3. The van der Waals surface area contributed by atoms with Crippen LogP contribution in [-0.2, 0) is 19.2 Å². The van der Waals surface area contributed by atoms with Gasteiger partial charge in [-0.2, -0.15) is 0 Å². The van der Waals surface area contributed by atoms with Crippen LogP contribution in [0.4, 0.5) is 11.9 Å². The first-order valence-corrected chi connectivity index (χ1v) is 19.2. The molecule has 2 aromatic heterocycles. The van der Waals surface area contributed by atoms with Gasteiger partial charge in [0.05, 0.1) is 0 Å². The highest BCUT2D eigenvalue weighted by atomic mass is 16.3. The van der Waals surface area contributed by atoms with Gasteiger partial charge in [0.1, 0.15) is 6.10 Å². The number of amides is 4. The zero-order valence-corrected chi connectivity index (χ0v) is 32.0. The van der Waals surface area contributed by atoms with Crippen LogP contribution < -0.4 is 9.80 Å². The van der Waals surface area contributed by atoms with E-state index in [0.29, 0.717) is 25.9 Å². The molecule has 0 spiro atoms. The van der Waals surface area contributed by atoms with Crippen molar-refractivity contribution in [3.63, 3.8) is 0 Å². The van der Waals surface area contributed by atoms with Crippen LogP contribution in [0.5, 0.6) is 0 Å². The Morgan fingerprint density at radius 2 is 0.943 bits per heavy atom. The molecule has 0 aromatic carbocycles. The Labute approximate surface area is 313 Å². The van der Waals surface area contributed by atoms with Crippen molar-refractivity contribution in [1.82, 2.24) is 39.5 Å². The van der Waals surface area contributed by atoms with Gasteiger partial charge < -0.3 is 14.9 Å². The van der Waals surface area contributed by atoms with Crippen LogP contribution in [0.2, 0.25) is 0 Å². The summed E-state index contributed by atoms with van der Waals surface area (Å²) < 4.78 is 0. The average molecular weight is 735 g/mol. The minimum atomic E-state index is -1.09. The predicted octanol–water partition coefficient (Wildman–Crippen LogP) is 2.08. The van der Waals surface area contributed by atoms with Crippen molar-refractivity contribution in [2.75, 3.05) is 88.3 Å². The molecule has 4 aliphatic rings. The Morgan fingerprint density at radius 3 is 1.38 bits per heavy atom. The van der Waals surface area contributed by atoms with Gasteiger partial charge in [-0.3, -0.25) is 38.8 Å². The number of aliphatic hydroxyl groups excluding tert-OH is 1. The Morgan fingerprint density at radius 1 is 0.566 bits per heavy atom. The van der Waals surface area contributed by atoms with Crippen molar-refractivity contribution < 1.29 is 24.3 Å². The van der Waals surface area contributed by atoms with E-state index in [-0.39, 0.29) is 29.6 Å². The minimum Gasteiger partial charge on any atom is -0.383 e. The molecule has 15 nitrogen and oxygen atoms in total. The van der Waals surface area contributed by atoms with E-state index in [2.05, 4.69) is 39.5 Å². The van der Waals surface area contributed by atoms with Crippen LogP contribution in [-0.4, -0.2) is 153 Å². The highest BCUT2D eigenvalue weighted by Gasteiger charge is 2.45. The summed E-state index contributed by atoms with van der Waals surface area (Å²) in [5.41, 5.74) is -0.861. The maximum atomic E-state index is 12.2. The largest absolute Gasteiger partial charge is 0.383 e. The van der Waals surface area contributed by atoms with Gasteiger partial charge in [0.2, 0.25) is 29.6 Å². The number of nitrogens with zero attached hydrogens (tertiary/aromatic N) is 10. The third-order valence-electron chi connectivity index (χ3n) is 10.6. The summed E-state index contributed by atoms with van der Waals surface area (Å²) in [5, 5.41) is 10.1. The van der Waals surface area contributed by atoms with Gasteiger partial charge in [-0.1, -0.05) is 27.7 Å². The van der Waals surface area contributed by atoms with Crippen molar-refractivity contribution >= 4 is 35.5 Å². The Bertz CT molecular complexity index is 1490. The fourth-order valence-corrected chi connectivity index (χ4v) is 7.34. The number of piperazine rings is 2. The molecular formula is C38H58N10O5. The molecule has 2 aromatic rings. The summed E-state index contributed by atoms with van der Waals surface area (Å²) in [6.45, 7) is 17.9. The fourth-order valence-electron chi connectivity index (χ4n) is 7.34. The van der Waals surface area contributed by atoms with Gasteiger partial charge >= 0.3 is 0 Å². The number of piperidine rings is 2. The molecule has 4 saturated heterocycles. The number of hydrogen-bond acceptors (Lipinski definition) is 13. The Balaban J connectivity index is 0.000000204. The van der Waals surface area contributed by atoms with Crippen LogP contribution in [0.3, 0.4) is 0 Å². The number of anilines is 2. The number of rotatable bonds is 12. The summed E-state index contributed by atoms with van der Waals surface area (Å²) in [5.74, 6) is 0.933. The van der Waals surface area contributed by atoms with Crippen molar-refractivity contribution in [1.29, 1.82) is 0 Å². The van der Waals surface area contributed by atoms with E-state index in [1.165, 1.54) is 9.80 Å². The maximum Gasteiger partial charge on any atom is 0.258 e. The molecule has 1 N–H and O–H groups in total. The zero-order chi connectivity index (χ0) is 38.0. The molecular weight excluding hydrogens is 676 g/mol. The monoisotopic (exact) mass is 734 g/mol. The average Bonchev–Trinajstić information content (AvgIpc) is 3.14. The standard InChI is InChI=1S/C19H29N5O3.C19H29N5O2/c1-19(2)14-15(25)24(17(27)16(19)26)9-4-3-8-22-10-12-23(13-11-22)18-20-6-5-7-21-18;1-19(2)14-16(25)24(17(26)15-19)9-4-3-8-22-10-12-23(13-11-22)18-20-6-5-7-21-18/h5-7,16,26H,3-4,8-14H2,1-2H3;5-7H,3-4,8-15H2,1-2H3. The molecule has 4 aliphatic heterocycles. The number of carbonyl (C=O) groups excluding carboxylic acids is 4. The normalized spacial score (nSPS) is 22.5. The zero-order valence-electron chi connectivity index (χ0n) is 32.0. The van der Waals surface area contributed by atoms with Gasteiger partial charge in [0.15, 0.2) is 0 Å². The van der Waals surface area contributed by atoms with E-state index in [9.17, 15) is 24.3 Å². The minimum absolute atomic E-state index is 0.0114. The highest BCUT2D eigenvalue weighted by molar-refractivity contribution is 6.01. The van der Waals surface area contributed by atoms with E-state index in [4.69, 9.17) is 0 Å². The lowest BCUT2D eigenvalue weighted by atomic mass is 9.79. The van der Waals surface area contributed by atoms with Crippen LogP contribution in [0, 0.1) is 10.8 Å². The number of aromatic nitrogens is 4. The van der Waals surface area contributed by atoms with Crippen LogP contribution in [0.25, 0.3) is 0 Å². The maximum absolute atomic E-state index is 12.2. The summed E-state index contributed by atoms with van der Waals surface area (Å²) in [7, 11) is 0. The van der Waals surface area contributed by atoms with E-state index >= 15 is 0 Å². The van der Waals surface area contributed by atoms with Gasteiger partial charge in [0, 0.05) is 115 Å². The summed E-state index contributed by atoms with van der Waals surface area (Å²) >= 11 is 0. The van der Waals surface area contributed by atoms with Crippen LogP contribution in [0.15, 0.2) is 36.9 Å². The van der Waals surface area contributed by atoms with Gasteiger partial charge in [-0.15, -0.1) is 0 Å². The first-order valence-electron chi connectivity index (χ1n) is 19.2. The Hall–Kier alpha value is -4.08. The van der Waals surface area contributed by atoms with E-state index in [1.54, 1.807) is 38.6 Å². The van der Waals surface area contributed by atoms with Crippen molar-refractivity contribution in [2.45, 2.75) is 78.7 Å². The SMILES string of the molecule is CC1(C)CC(=O)N(CCCCN2CCN(c3ncccn3)CC2)C(=O)C1.CC1(C)CC(=O)N(CCCCN2CCN(c3ncccn3)CC2)C(=O)C1O. The second-order valence-electron chi connectivity index (χ2n) is 16.1. The number of imide groups is 2. The second kappa shape index (κ2) is 18.3.